The van der Waals surface area contributed by atoms with Gasteiger partial charge in [0, 0.05) is 23.8 Å². The van der Waals surface area contributed by atoms with E-state index >= 15 is 0 Å². The van der Waals surface area contributed by atoms with Crippen molar-refractivity contribution in [3.05, 3.63) is 101 Å². The lowest BCUT2D eigenvalue weighted by molar-refractivity contribution is 0.0871. The lowest BCUT2D eigenvalue weighted by atomic mass is 9.97. The summed E-state index contributed by atoms with van der Waals surface area (Å²) in [7, 11) is 0. The van der Waals surface area contributed by atoms with Crippen LogP contribution in [0.5, 0.6) is 11.5 Å². The molecule has 1 aromatic heterocycles. The number of nitrogens with zero attached hydrogens (tertiary/aromatic N) is 1. The first-order chi connectivity index (χ1) is 16.0. The van der Waals surface area contributed by atoms with Gasteiger partial charge in [-0.05, 0) is 48.9 Å². The van der Waals surface area contributed by atoms with E-state index in [0.717, 1.165) is 22.2 Å². The first kappa shape index (κ1) is 20.9. The lowest BCUT2D eigenvalue weighted by Crippen LogP contribution is -2.24. The molecular weight excluding hydrogens is 414 g/mol. The van der Waals surface area contributed by atoms with Crippen LogP contribution in [-0.4, -0.2) is 22.7 Å². The summed E-state index contributed by atoms with van der Waals surface area (Å²) in [6, 6.07) is 24.5. The highest BCUT2D eigenvalue weighted by Gasteiger charge is 2.24. The van der Waals surface area contributed by atoms with Gasteiger partial charge >= 0.3 is 0 Å². The van der Waals surface area contributed by atoms with Crippen LogP contribution in [0.2, 0.25) is 0 Å². The van der Waals surface area contributed by atoms with E-state index in [0.29, 0.717) is 35.7 Å². The smallest absolute Gasteiger partial charge is 0.170 e. The summed E-state index contributed by atoms with van der Waals surface area (Å²) >= 11 is 0. The van der Waals surface area contributed by atoms with Gasteiger partial charge in [-0.2, -0.15) is 0 Å². The summed E-state index contributed by atoms with van der Waals surface area (Å²) in [4.78, 5) is 29.7. The van der Waals surface area contributed by atoms with E-state index in [1.54, 1.807) is 24.3 Å². The van der Waals surface area contributed by atoms with Crippen molar-refractivity contribution in [2.24, 2.45) is 0 Å². The Balaban J connectivity index is 1.27. The van der Waals surface area contributed by atoms with Crippen LogP contribution < -0.4 is 9.47 Å². The van der Waals surface area contributed by atoms with E-state index in [4.69, 9.17) is 9.47 Å². The Bertz CT molecular complexity index is 1360. The number of benzene rings is 3. The maximum atomic E-state index is 12.9. The molecule has 0 fully saturated rings. The molecule has 0 radical (unpaired) electrons. The number of carbonyl (C=O) groups is 2. The first-order valence-electron chi connectivity index (χ1n) is 11.0. The summed E-state index contributed by atoms with van der Waals surface area (Å²) < 4.78 is 11.7. The number of fused-ring (bicyclic) bond motifs is 2. The SMILES string of the molecule is CC1CC(=O)c2ccc(CC(=O)c3cccc(OCc4ccc5ccccc5n4)c3)cc2O1. The minimum absolute atomic E-state index is 0.0283. The van der Waals surface area contributed by atoms with Crippen molar-refractivity contribution in [1.82, 2.24) is 4.98 Å². The largest absolute Gasteiger partial charge is 0.489 e. The van der Waals surface area contributed by atoms with E-state index in [1.807, 2.05) is 61.5 Å². The normalized spacial score (nSPS) is 15.1. The van der Waals surface area contributed by atoms with Crippen LogP contribution in [0.3, 0.4) is 0 Å². The van der Waals surface area contributed by atoms with Gasteiger partial charge < -0.3 is 9.47 Å². The van der Waals surface area contributed by atoms with Crippen molar-refractivity contribution >= 4 is 22.5 Å². The zero-order valence-electron chi connectivity index (χ0n) is 18.3. The van der Waals surface area contributed by atoms with Gasteiger partial charge in [-0.3, -0.25) is 9.59 Å². The van der Waals surface area contributed by atoms with Gasteiger partial charge in [0.05, 0.1) is 16.8 Å². The van der Waals surface area contributed by atoms with Gasteiger partial charge in [0.1, 0.15) is 24.2 Å². The van der Waals surface area contributed by atoms with Crippen LogP contribution in [0.25, 0.3) is 10.9 Å². The van der Waals surface area contributed by atoms with Crippen LogP contribution in [0.1, 0.15) is 45.3 Å². The van der Waals surface area contributed by atoms with Gasteiger partial charge in [0.15, 0.2) is 11.6 Å². The summed E-state index contributed by atoms with van der Waals surface area (Å²) in [5, 5.41) is 1.08. The molecule has 0 bridgehead atoms. The highest BCUT2D eigenvalue weighted by Crippen LogP contribution is 2.29. The number of hydrogen-bond donors (Lipinski definition) is 0. The minimum atomic E-state index is -0.151. The van der Waals surface area contributed by atoms with Crippen LogP contribution in [0.4, 0.5) is 0 Å². The van der Waals surface area contributed by atoms with Crippen molar-refractivity contribution in [1.29, 1.82) is 0 Å². The van der Waals surface area contributed by atoms with Crippen molar-refractivity contribution in [3.8, 4) is 11.5 Å². The topological polar surface area (TPSA) is 65.5 Å². The fraction of sp³-hybridized carbons (Fsp3) is 0.179. The second kappa shape index (κ2) is 8.87. The van der Waals surface area contributed by atoms with Crippen LogP contribution in [0.15, 0.2) is 78.9 Å². The molecule has 1 aliphatic rings. The third-order valence-electron chi connectivity index (χ3n) is 5.71. The van der Waals surface area contributed by atoms with E-state index in [-0.39, 0.29) is 24.1 Å². The molecule has 0 saturated carbocycles. The number of carbonyl (C=O) groups excluding carboxylic acids is 2. The fourth-order valence-electron chi connectivity index (χ4n) is 4.03. The standard InChI is InChI=1S/C28H23NO4/c1-18-13-27(31)24-12-9-19(15-28(24)33-18)14-26(30)21-6-4-7-23(16-21)32-17-22-11-10-20-5-2-3-8-25(20)29-22/h2-12,15-16,18H,13-14,17H2,1H3. The Morgan fingerprint density at radius 1 is 1.03 bits per heavy atom. The second-order valence-electron chi connectivity index (χ2n) is 8.30. The number of hydrogen-bond acceptors (Lipinski definition) is 5. The molecular formula is C28H23NO4. The average molecular weight is 437 g/mol. The second-order valence-corrected chi connectivity index (χ2v) is 8.30. The van der Waals surface area contributed by atoms with Crippen molar-refractivity contribution in [2.45, 2.75) is 32.5 Å². The number of aromatic nitrogens is 1. The van der Waals surface area contributed by atoms with E-state index in [1.165, 1.54) is 0 Å². The maximum Gasteiger partial charge on any atom is 0.170 e. The Morgan fingerprint density at radius 2 is 1.91 bits per heavy atom. The lowest BCUT2D eigenvalue weighted by Gasteiger charge is -2.22. The molecule has 2 heterocycles. The molecule has 0 saturated heterocycles. The minimum Gasteiger partial charge on any atom is -0.489 e. The predicted molar refractivity (Wildman–Crippen MR) is 126 cm³/mol. The molecule has 1 unspecified atom stereocenters. The Morgan fingerprint density at radius 3 is 2.82 bits per heavy atom. The summed E-state index contributed by atoms with van der Waals surface area (Å²) in [6.45, 7) is 2.19. The molecule has 5 nitrogen and oxygen atoms in total. The highest BCUT2D eigenvalue weighted by molar-refractivity contribution is 6.01. The van der Waals surface area contributed by atoms with Gasteiger partial charge in [0.2, 0.25) is 0 Å². The summed E-state index contributed by atoms with van der Waals surface area (Å²) in [6.07, 6.45) is 0.448. The van der Waals surface area contributed by atoms with Crippen molar-refractivity contribution < 1.29 is 19.1 Å². The molecule has 4 aromatic rings. The van der Waals surface area contributed by atoms with Gasteiger partial charge in [-0.25, -0.2) is 4.98 Å². The van der Waals surface area contributed by atoms with Crippen molar-refractivity contribution in [3.63, 3.8) is 0 Å². The van der Waals surface area contributed by atoms with Crippen LogP contribution in [-0.2, 0) is 13.0 Å². The molecule has 3 aromatic carbocycles. The predicted octanol–water partition coefficient (Wildman–Crippen LogP) is 5.59. The van der Waals surface area contributed by atoms with E-state index < -0.39 is 0 Å². The molecule has 5 heteroatoms. The molecule has 0 N–H and O–H groups in total. The Kier molecular flexibility index (Phi) is 5.61. The average Bonchev–Trinajstić information content (AvgIpc) is 2.82. The molecule has 0 aliphatic carbocycles. The number of ether oxygens (including phenoxy) is 2. The zero-order chi connectivity index (χ0) is 22.8. The van der Waals surface area contributed by atoms with Gasteiger partial charge in [0.25, 0.3) is 0 Å². The molecule has 33 heavy (non-hydrogen) atoms. The Labute approximate surface area is 192 Å². The number of rotatable bonds is 6. The molecule has 1 atom stereocenters. The monoisotopic (exact) mass is 437 g/mol. The number of Topliss-reactive ketones (excluding diaryl/α,β-unsaturated/α-hetero) is 2. The Hall–Kier alpha value is -3.99. The molecule has 0 spiro atoms. The summed E-state index contributed by atoms with van der Waals surface area (Å²) in [5.41, 5.74) is 3.72. The van der Waals surface area contributed by atoms with Gasteiger partial charge in [-0.15, -0.1) is 0 Å². The van der Waals surface area contributed by atoms with Gasteiger partial charge in [-0.1, -0.05) is 42.5 Å². The highest BCUT2D eigenvalue weighted by atomic mass is 16.5. The molecule has 1 aliphatic heterocycles. The maximum absolute atomic E-state index is 12.9. The first-order valence-corrected chi connectivity index (χ1v) is 11.0. The number of ketones is 2. The van der Waals surface area contributed by atoms with E-state index in [2.05, 4.69) is 4.98 Å². The molecule has 0 amide bonds. The molecule has 5 rings (SSSR count). The summed E-state index contributed by atoms with van der Waals surface area (Å²) in [5.74, 6) is 1.22. The van der Waals surface area contributed by atoms with E-state index in [9.17, 15) is 9.59 Å². The zero-order valence-corrected chi connectivity index (χ0v) is 18.3. The fourth-order valence-corrected chi connectivity index (χ4v) is 4.03. The molecule has 164 valence electrons. The number of para-hydroxylation sites is 1. The van der Waals surface area contributed by atoms with Crippen LogP contribution >= 0.6 is 0 Å². The van der Waals surface area contributed by atoms with Crippen LogP contribution in [0, 0.1) is 0 Å². The third-order valence-corrected chi connectivity index (χ3v) is 5.71. The number of pyridine rings is 1. The third kappa shape index (κ3) is 4.62. The quantitative estimate of drug-likeness (QED) is 0.368. The van der Waals surface area contributed by atoms with Crippen molar-refractivity contribution in [2.75, 3.05) is 0 Å².